The van der Waals surface area contributed by atoms with E-state index in [-0.39, 0.29) is 40.8 Å². The molecule has 8 heteroatoms. The summed E-state index contributed by atoms with van der Waals surface area (Å²) >= 11 is 0. The third kappa shape index (κ3) is 3.73. The maximum Gasteiger partial charge on any atom is 0.264 e. The van der Waals surface area contributed by atoms with E-state index in [1.165, 1.54) is 30.5 Å². The monoisotopic (exact) mass is 402 g/mol. The van der Waals surface area contributed by atoms with Crippen LogP contribution < -0.4 is 14.4 Å². The van der Waals surface area contributed by atoms with Crippen molar-refractivity contribution < 1.29 is 22.7 Å². The molecule has 2 aromatic rings. The summed E-state index contributed by atoms with van der Waals surface area (Å²) in [6.07, 6.45) is 0.167. The molecule has 1 atom stereocenters. The summed E-state index contributed by atoms with van der Waals surface area (Å²) in [5.74, 6) is -0.230. The fraction of sp³-hybridized carbons (Fsp3) is 0.300. The zero-order valence-corrected chi connectivity index (χ0v) is 16.7. The number of ketones is 1. The molecule has 0 saturated heterocycles. The molecule has 28 heavy (non-hydrogen) atoms. The number of methoxy groups -OCH3 is 1. The van der Waals surface area contributed by atoms with Gasteiger partial charge in [0, 0.05) is 25.1 Å². The van der Waals surface area contributed by atoms with Crippen molar-refractivity contribution in [1.29, 1.82) is 0 Å². The SMILES string of the molecule is COc1ccc2c(c1)N(S(=O)(=O)c1ccc(C)cc1)CC[C@@H](NC(C)=O)C2=O. The number of amides is 1. The molecular formula is C20H22N2O5S. The summed E-state index contributed by atoms with van der Waals surface area (Å²) in [5.41, 5.74) is 1.42. The van der Waals surface area contributed by atoms with Gasteiger partial charge in [0.05, 0.1) is 23.7 Å². The Kier molecular flexibility index (Phi) is 5.42. The minimum atomic E-state index is -3.90. The first-order valence-corrected chi connectivity index (χ1v) is 10.3. The highest BCUT2D eigenvalue weighted by molar-refractivity contribution is 7.92. The summed E-state index contributed by atoms with van der Waals surface area (Å²) in [5, 5.41) is 2.62. The van der Waals surface area contributed by atoms with Crippen LogP contribution in [-0.4, -0.2) is 39.8 Å². The Hall–Kier alpha value is -2.87. The number of carbonyl (C=O) groups excluding carboxylic acids is 2. The van der Waals surface area contributed by atoms with Gasteiger partial charge in [-0.3, -0.25) is 13.9 Å². The summed E-state index contributed by atoms with van der Waals surface area (Å²) in [7, 11) is -2.43. The number of anilines is 1. The lowest BCUT2D eigenvalue weighted by atomic mass is 10.0. The second-order valence-corrected chi connectivity index (χ2v) is 8.54. The normalized spacial score (nSPS) is 16.9. The summed E-state index contributed by atoms with van der Waals surface area (Å²) in [4.78, 5) is 24.6. The average molecular weight is 402 g/mol. The molecule has 0 aromatic heterocycles. The van der Waals surface area contributed by atoms with Crippen molar-refractivity contribution in [2.45, 2.75) is 31.2 Å². The lowest BCUT2D eigenvalue weighted by Crippen LogP contribution is -2.40. The van der Waals surface area contributed by atoms with Crippen molar-refractivity contribution in [3.8, 4) is 5.75 Å². The molecule has 3 rings (SSSR count). The van der Waals surface area contributed by atoms with Gasteiger partial charge in [0.1, 0.15) is 5.75 Å². The Bertz CT molecular complexity index is 1020. The second-order valence-electron chi connectivity index (χ2n) is 6.68. The van der Waals surface area contributed by atoms with Gasteiger partial charge >= 0.3 is 0 Å². The molecule has 148 valence electrons. The molecule has 0 radical (unpaired) electrons. The number of sulfonamides is 1. The van der Waals surface area contributed by atoms with Crippen LogP contribution in [0.3, 0.4) is 0 Å². The molecule has 0 saturated carbocycles. The fourth-order valence-electron chi connectivity index (χ4n) is 3.21. The van der Waals surface area contributed by atoms with Gasteiger partial charge in [-0.15, -0.1) is 0 Å². The molecule has 1 aliphatic heterocycles. The minimum Gasteiger partial charge on any atom is -0.497 e. The summed E-state index contributed by atoms with van der Waals surface area (Å²) < 4.78 is 33.1. The number of hydrogen-bond donors (Lipinski definition) is 1. The molecule has 1 heterocycles. The number of ether oxygens (including phenoxy) is 1. The van der Waals surface area contributed by atoms with Gasteiger partial charge in [-0.2, -0.15) is 0 Å². The highest BCUT2D eigenvalue weighted by Gasteiger charge is 2.35. The Morgan fingerprint density at radius 1 is 1.18 bits per heavy atom. The van der Waals surface area contributed by atoms with Gasteiger partial charge in [-0.05, 0) is 37.6 Å². The van der Waals surface area contributed by atoms with E-state index in [1.807, 2.05) is 6.92 Å². The average Bonchev–Trinajstić information content (AvgIpc) is 2.79. The number of aryl methyl sites for hydroxylation is 1. The van der Waals surface area contributed by atoms with Crippen LogP contribution in [0.1, 0.15) is 29.3 Å². The van der Waals surface area contributed by atoms with Crippen molar-refractivity contribution in [3.05, 3.63) is 53.6 Å². The van der Waals surface area contributed by atoms with Crippen molar-refractivity contribution in [1.82, 2.24) is 5.32 Å². The molecule has 7 nitrogen and oxygen atoms in total. The van der Waals surface area contributed by atoms with Crippen molar-refractivity contribution >= 4 is 27.4 Å². The number of nitrogens with one attached hydrogen (secondary N) is 1. The van der Waals surface area contributed by atoms with E-state index in [4.69, 9.17) is 4.74 Å². The maximum atomic E-state index is 13.3. The van der Waals surface area contributed by atoms with Gasteiger partial charge < -0.3 is 10.1 Å². The Morgan fingerprint density at radius 2 is 1.86 bits per heavy atom. The van der Waals surface area contributed by atoms with E-state index < -0.39 is 16.1 Å². The predicted molar refractivity (Wildman–Crippen MR) is 105 cm³/mol. The van der Waals surface area contributed by atoms with Crippen LogP contribution in [0.4, 0.5) is 5.69 Å². The van der Waals surface area contributed by atoms with Gasteiger partial charge in [0.15, 0.2) is 5.78 Å². The van der Waals surface area contributed by atoms with E-state index >= 15 is 0 Å². The molecule has 0 aliphatic carbocycles. The summed E-state index contributed by atoms with van der Waals surface area (Å²) in [6.45, 7) is 3.25. The largest absolute Gasteiger partial charge is 0.497 e. The van der Waals surface area contributed by atoms with Crippen LogP contribution in [0.15, 0.2) is 47.4 Å². The predicted octanol–water partition coefficient (Wildman–Crippen LogP) is 2.29. The quantitative estimate of drug-likeness (QED) is 0.847. The summed E-state index contributed by atoms with van der Waals surface area (Å²) in [6, 6.07) is 10.4. The number of rotatable bonds is 4. The van der Waals surface area contributed by atoms with Gasteiger partial charge in [-0.1, -0.05) is 17.7 Å². The Morgan fingerprint density at radius 3 is 2.46 bits per heavy atom. The number of carbonyl (C=O) groups is 2. The van der Waals surface area contributed by atoms with Crippen LogP contribution >= 0.6 is 0 Å². The van der Waals surface area contributed by atoms with Crippen LogP contribution in [0, 0.1) is 6.92 Å². The third-order valence-electron chi connectivity index (χ3n) is 4.66. The van der Waals surface area contributed by atoms with E-state index in [2.05, 4.69) is 5.32 Å². The standard InChI is InChI=1S/C20H22N2O5S/c1-13-4-7-16(8-5-13)28(25,26)22-11-10-18(21-14(2)23)20(24)17-9-6-15(27-3)12-19(17)22/h4-9,12,18H,10-11H2,1-3H3,(H,21,23)/t18-/m1/s1. The number of hydrogen-bond acceptors (Lipinski definition) is 5. The van der Waals surface area contributed by atoms with Crippen LogP contribution in [0.2, 0.25) is 0 Å². The lowest BCUT2D eigenvalue weighted by Gasteiger charge is -2.24. The maximum absolute atomic E-state index is 13.3. The first kappa shape index (κ1) is 19.9. The molecule has 1 amide bonds. The van der Waals surface area contributed by atoms with Gasteiger partial charge in [-0.25, -0.2) is 8.42 Å². The molecule has 0 fully saturated rings. The smallest absolute Gasteiger partial charge is 0.264 e. The van der Waals surface area contributed by atoms with Gasteiger partial charge in [0.25, 0.3) is 10.0 Å². The molecular weight excluding hydrogens is 380 g/mol. The minimum absolute atomic E-state index is 0.0487. The number of Topliss-reactive ketones (excluding diaryl/α,β-unsaturated/α-hetero) is 1. The van der Waals surface area contributed by atoms with Crippen molar-refractivity contribution in [3.63, 3.8) is 0 Å². The second kappa shape index (κ2) is 7.63. The fourth-order valence-corrected chi connectivity index (χ4v) is 4.70. The third-order valence-corrected chi connectivity index (χ3v) is 6.49. The van der Waals surface area contributed by atoms with Crippen molar-refractivity contribution in [2.24, 2.45) is 0 Å². The van der Waals surface area contributed by atoms with Crippen LogP contribution in [-0.2, 0) is 14.8 Å². The Labute approximate surface area is 164 Å². The van der Waals surface area contributed by atoms with E-state index in [0.717, 1.165) is 5.56 Å². The number of fused-ring (bicyclic) bond motifs is 1. The van der Waals surface area contributed by atoms with Gasteiger partial charge in [0.2, 0.25) is 5.91 Å². The lowest BCUT2D eigenvalue weighted by molar-refractivity contribution is -0.119. The van der Waals surface area contributed by atoms with E-state index in [0.29, 0.717) is 5.75 Å². The first-order valence-electron chi connectivity index (χ1n) is 8.83. The van der Waals surface area contributed by atoms with E-state index in [1.54, 1.807) is 30.3 Å². The molecule has 1 N–H and O–H groups in total. The Balaban J connectivity index is 2.14. The van der Waals surface area contributed by atoms with Crippen LogP contribution in [0.5, 0.6) is 5.75 Å². The molecule has 2 aromatic carbocycles. The molecule has 0 spiro atoms. The molecule has 0 unspecified atom stereocenters. The zero-order chi connectivity index (χ0) is 20.5. The zero-order valence-electron chi connectivity index (χ0n) is 15.9. The van der Waals surface area contributed by atoms with E-state index in [9.17, 15) is 18.0 Å². The van der Waals surface area contributed by atoms with Crippen molar-refractivity contribution in [2.75, 3.05) is 18.0 Å². The number of benzene rings is 2. The molecule has 1 aliphatic rings. The number of nitrogens with zero attached hydrogens (tertiary/aromatic N) is 1. The highest BCUT2D eigenvalue weighted by Crippen LogP contribution is 2.34. The topological polar surface area (TPSA) is 92.8 Å². The van der Waals surface area contributed by atoms with Crippen LogP contribution in [0.25, 0.3) is 0 Å². The first-order chi connectivity index (χ1) is 13.2. The molecule has 0 bridgehead atoms. The highest BCUT2D eigenvalue weighted by atomic mass is 32.2.